The first kappa shape index (κ1) is 9.85. The predicted molar refractivity (Wildman–Crippen MR) is 56.9 cm³/mol. The fourth-order valence-electron chi connectivity index (χ4n) is 1.17. The molecular formula is C9H9FN4S. The third-order valence-corrected chi connectivity index (χ3v) is 2.24. The average molecular weight is 224 g/mol. The van der Waals surface area contributed by atoms with E-state index in [-0.39, 0.29) is 5.82 Å². The first-order chi connectivity index (χ1) is 7.27. The number of nitrogens with one attached hydrogen (secondary N) is 2. The fourth-order valence-corrected chi connectivity index (χ4v) is 1.34. The maximum Gasteiger partial charge on any atom is 0.214 e. The Morgan fingerprint density at radius 2 is 2.27 bits per heavy atom. The first-order valence-corrected chi connectivity index (χ1v) is 4.77. The van der Waals surface area contributed by atoms with Gasteiger partial charge in [0.25, 0.3) is 0 Å². The smallest absolute Gasteiger partial charge is 0.214 e. The highest BCUT2D eigenvalue weighted by atomic mass is 32.1. The molecule has 0 bridgehead atoms. The summed E-state index contributed by atoms with van der Waals surface area (Å²) in [5, 5.41) is 6.33. The molecular weight excluding hydrogens is 215 g/mol. The lowest BCUT2D eigenvalue weighted by Gasteiger charge is -2.06. The minimum atomic E-state index is -0.236. The van der Waals surface area contributed by atoms with Crippen molar-refractivity contribution in [1.29, 1.82) is 0 Å². The van der Waals surface area contributed by atoms with Crippen molar-refractivity contribution in [3.05, 3.63) is 46.7 Å². The van der Waals surface area contributed by atoms with Gasteiger partial charge in [-0.15, -0.1) is 0 Å². The molecule has 2 N–H and O–H groups in total. The third-order valence-electron chi connectivity index (χ3n) is 1.95. The van der Waals surface area contributed by atoms with Gasteiger partial charge in [-0.2, -0.15) is 5.10 Å². The van der Waals surface area contributed by atoms with Crippen LogP contribution in [0.3, 0.4) is 0 Å². The normalized spacial score (nSPS) is 10.2. The van der Waals surface area contributed by atoms with E-state index in [2.05, 4.69) is 15.6 Å². The maximum atomic E-state index is 13.2. The van der Waals surface area contributed by atoms with Crippen molar-refractivity contribution in [2.24, 2.45) is 0 Å². The Kier molecular flexibility index (Phi) is 2.77. The van der Waals surface area contributed by atoms with Crippen LogP contribution in [0.5, 0.6) is 0 Å². The van der Waals surface area contributed by atoms with E-state index in [0.29, 0.717) is 16.9 Å². The van der Waals surface area contributed by atoms with E-state index in [1.807, 2.05) is 0 Å². The fraction of sp³-hybridized carbons (Fsp3) is 0.111. The largest absolute Gasteiger partial charge is 0.318 e. The second-order valence-corrected chi connectivity index (χ2v) is 3.34. The number of aromatic amines is 1. The summed E-state index contributed by atoms with van der Waals surface area (Å²) in [6.07, 6.45) is 1.50. The topological polar surface area (TPSA) is 45.6 Å². The van der Waals surface area contributed by atoms with Gasteiger partial charge >= 0.3 is 0 Å². The van der Waals surface area contributed by atoms with Crippen LogP contribution in [-0.4, -0.2) is 14.9 Å². The van der Waals surface area contributed by atoms with Crippen molar-refractivity contribution in [2.45, 2.75) is 6.54 Å². The minimum absolute atomic E-state index is 0.236. The molecule has 4 nitrogen and oxygen atoms in total. The number of H-pyrrole nitrogens is 1. The summed E-state index contributed by atoms with van der Waals surface area (Å²) < 4.78 is 15.2. The highest BCUT2D eigenvalue weighted by molar-refractivity contribution is 7.71. The monoisotopic (exact) mass is 224 g/mol. The Morgan fingerprint density at radius 1 is 1.47 bits per heavy atom. The molecule has 0 aliphatic rings. The average Bonchev–Trinajstić information content (AvgIpc) is 2.63. The lowest BCUT2D eigenvalue weighted by molar-refractivity contribution is 0.608. The molecule has 0 saturated heterocycles. The summed E-state index contributed by atoms with van der Waals surface area (Å²) in [6, 6.07) is 6.58. The summed E-state index contributed by atoms with van der Waals surface area (Å²) in [6.45, 7) is 0.362. The zero-order valence-corrected chi connectivity index (χ0v) is 8.59. The van der Waals surface area contributed by atoms with E-state index in [9.17, 15) is 4.39 Å². The summed E-state index contributed by atoms with van der Waals surface area (Å²) in [4.78, 5) is 0. The summed E-state index contributed by atoms with van der Waals surface area (Å²) in [5.74, 6) is -0.236. The van der Waals surface area contributed by atoms with E-state index < -0.39 is 0 Å². The molecule has 0 atom stereocenters. The molecule has 0 aliphatic carbocycles. The van der Waals surface area contributed by atoms with E-state index >= 15 is 0 Å². The van der Waals surface area contributed by atoms with Crippen molar-refractivity contribution in [2.75, 3.05) is 5.43 Å². The van der Waals surface area contributed by atoms with E-state index in [0.717, 1.165) is 0 Å². The second kappa shape index (κ2) is 4.22. The number of rotatable bonds is 3. The van der Waals surface area contributed by atoms with Gasteiger partial charge in [-0.05, 0) is 18.3 Å². The van der Waals surface area contributed by atoms with Crippen molar-refractivity contribution < 1.29 is 4.39 Å². The molecule has 0 spiro atoms. The molecule has 0 amide bonds. The number of nitrogens with zero attached hydrogens (tertiary/aromatic N) is 2. The van der Waals surface area contributed by atoms with Gasteiger partial charge in [0.1, 0.15) is 12.1 Å². The second-order valence-electron chi connectivity index (χ2n) is 2.96. The van der Waals surface area contributed by atoms with E-state index in [1.165, 1.54) is 17.1 Å². The van der Waals surface area contributed by atoms with Crippen LogP contribution in [0.2, 0.25) is 0 Å². The molecule has 2 rings (SSSR count). The Balaban J connectivity index is 2.09. The van der Waals surface area contributed by atoms with Gasteiger partial charge in [-0.25, -0.2) is 9.07 Å². The molecule has 1 aromatic heterocycles. The van der Waals surface area contributed by atoms with Crippen molar-refractivity contribution >= 4 is 12.2 Å². The van der Waals surface area contributed by atoms with Crippen molar-refractivity contribution in [3.8, 4) is 0 Å². The summed E-state index contributed by atoms with van der Waals surface area (Å²) in [7, 11) is 0. The summed E-state index contributed by atoms with van der Waals surface area (Å²) in [5.41, 5.74) is 3.51. The van der Waals surface area contributed by atoms with Crippen LogP contribution in [0.25, 0.3) is 0 Å². The lowest BCUT2D eigenvalue weighted by Crippen LogP contribution is -2.14. The molecule has 2 aromatic rings. The number of hydrogen-bond acceptors (Lipinski definition) is 3. The van der Waals surface area contributed by atoms with E-state index in [1.54, 1.807) is 18.2 Å². The Morgan fingerprint density at radius 3 is 2.93 bits per heavy atom. The molecule has 1 aromatic carbocycles. The SMILES string of the molecule is Fc1ccccc1CNn1cn[nH]c1=S. The van der Waals surface area contributed by atoms with Crippen LogP contribution in [0.4, 0.5) is 4.39 Å². The van der Waals surface area contributed by atoms with Gasteiger partial charge < -0.3 is 5.43 Å². The number of halogens is 1. The molecule has 1 heterocycles. The van der Waals surface area contributed by atoms with Gasteiger partial charge in [-0.3, -0.25) is 5.10 Å². The van der Waals surface area contributed by atoms with Gasteiger partial charge in [0, 0.05) is 5.56 Å². The van der Waals surface area contributed by atoms with Gasteiger partial charge in [0.2, 0.25) is 4.77 Å². The molecule has 0 aliphatic heterocycles. The Labute approximate surface area is 90.7 Å². The van der Waals surface area contributed by atoms with Crippen LogP contribution in [-0.2, 0) is 6.54 Å². The number of hydrogen-bond donors (Lipinski definition) is 2. The first-order valence-electron chi connectivity index (χ1n) is 4.36. The number of aromatic nitrogens is 3. The van der Waals surface area contributed by atoms with Crippen molar-refractivity contribution in [1.82, 2.24) is 14.9 Å². The molecule has 0 unspecified atom stereocenters. The predicted octanol–water partition coefficient (Wildman–Crippen LogP) is 1.82. The Bertz CT molecular complexity index is 505. The maximum absolute atomic E-state index is 13.2. The molecule has 0 fully saturated rings. The van der Waals surface area contributed by atoms with Crippen LogP contribution < -0.4 is 5.43 Å². The van der Waals surface area contributed by atoms with Crippen molar-refractivity contribution in [3.63, 3.8) is 0 Å². The highest BCUT2D eigenvalue weighted by Crippen LogP contribution is 2.05. The molecule has 15 heavy (non-hydrogen) atoms. The van der Waals surface area contributed by atoms with Gasteiger partial charge in [0.05, 0.1) is 6.54 Å². The third kappa shape index (κ3) is 2.21. The zero-order chi connectivity index (χ0) is 10.7. The van der Waals surface area contributed by atoms with Crippen LogP contribution in [0.15, 0.2) is 30.6 Å². The lowest BCUT2D eigenvalue weighted by atomic mass is 10.2. The highest BCUT2D eigenvalue weighted by Gasteiger charge is 2.00. The van der Waals surface area contributed by atoms with Crippen LogP contribution in [0.1, 0.15) is 5.56 Å². The van der Waals surface area contributed by atoms with Crippen LogP contribution in [0, 0.1) is 10.6 Å². The molecule has 0 radical (unpaired) electrons. The molecule has 6 heteroatoms. The minimum Gasteiger partial charge on any atom is -0.318 e. The molecule has 78 valence electrons. The zero-order valence-electron chi connectivity index (χ0n) is 7.77. The van der Waals surface area contributed by atoms with Gasteiger partial charge in [0.15, 0.2) is 0 Å². The van der Waals surface area contributed by atoms with Gasteiger partial charge in [-0.1, -0.05) is 18.2 Å². The van der Waals surface area contributed by atoms with Crippen LogP contribution >= 0.6 is 12.2 Å². The molecule has 0 saturated carbocycles. The summed E-state index contributed by atoms with van der Waals surface area (Å²) >= 11 is 4.92. The Hall–Kier alpha value is -1.69. The van der Waals surface area contributed by atoms with E-state index in [4.69, 9.17) is 12.2 Å². The standard InChI is InChI=1S/C9H9FN4S/c10-8-4-2-1-3-7(8)5-12-14-6-11-13-9(14)15/h1-4,6,12H,5H2,(H,13,15). The number of benzene rings is 1. The quantitative estimate of drug-likeness (QED) is 0.782.